The molecular weight excluding hydrogens is 236 g/mol. The molecule has 0 bridgehead atoms. The molecule has 1 saturated heterocycles. The lowest BCUT2D eigenvalue weighted by Gasteiger charge is -2.18. The molecule has 3 heteroatoms. The minimum Gasteiger partial charge on any atom is -0.389 e. The molecule has 1 amide bonds. The van der Waals surface area contributed by atoms with E-state index in [2.05, 4.69) is 25.7 Å². The molecule has 0 aromatic heterocycles. The molecule has 1 aliphatic rings. The summed E-state index contributed by atoms with van der Waals surface area (Å²) in [5.41, 5.74) is 1.05. The first-order valence-corrected chi connectivity index (χ1v) is 7.89. The molecular formula is C16H30N2O. The fourth-order valence-electron chi connectivity index (χ4n) is 2.52. The summed E-state index contributed by atoms with van der Waals surface area (Å²) in [6.07, 6.45) is 7.90. The van der Waals surface area contributed by atoms with E-state index in [-0.39, 0.29) is 0 Å². The van der Waals surface area contributed by atoms with Gasteiger partial charge in [-0.05, 0) is 12.8 Å². The lowest BCUT2D eigenvalue weighted by Crippen LogP contribution is -2.27. The number of rotatable bonds is 10. The van der Waals surface area contributed by atoms with Crippen LogP contribution in [0.2, 0.25) is 0 Å². The maximum atomic E-state index is 11.9. The van der Waals surface area contributed by atoms with E-state index in [4.69, 9.17) is 0 Å². The molecule has 1 fully saturated rings. The van der Waals surface area contributed by atoms with Crippen LogP contribution in [0, 0.1) is 5.92 Å². The molecule has 0 radical (unpaired) electrons. The highest BCUT2D eigenvalue weighted by molar-refractivity contribution is 5.79. The molecule has 0 aromatic rings. The van der Waals surface area contributed by atoms with Gasteiger partial charge in [0.05, 0.1) is 0 Å². The van der Waals surface area contributed by atoms with E-state index in [0.717, 1.165) is 31.8 Å². The zero-order valence-electron chi connectivity index (χ0n) is 12.7. The van der Waals surface area contributed by atoms with Crippen molar-refractivity contribution < 1.29 is 4.79 Å². The van der Waals surface area contributed by atoms with Crippen LogP contribution in [-0.4, -0.2) is 30.4 Å². The number of nitrogens with zero attached hydrogens (tertiary/aromatic N) is 1. The topological polar surface area (TPSA) is 32.3 Å². The van der Waals surface area contributed by atoms with E-state index in [1.54, 1.807) is 0 Å². The smallest absolute Gasteiger partial charge is 0.223 e. The van der Waals surface area contributed by atoms with Crippen LogP contribution in [-0.2, 0) is 4.79 Å². The van der Waals surface area contributed by atoms with Gasteiger partial charge >= 0.3 is 0 Å². The predicted octanol–water partition coefficient (Wildman–Crippen LogP) is 3.32. The zero-order valence-corrected chi connectivity index (χ0v) is 12.7. The molecule has 0 saturated carbocycles. The number of hydrogen-bond acceptors (Lipinski definition) is 2. The summed E-state index contributed by atoms with van der Waals surface area (Å²) in [6, 6.07) is 0. The van der Waals surface area contributed by atoms with E-state index in [1.165, 1.54) is 32.1 Å². The first-order valence-electron chi connectivity index (χ1n) is 7.89. The van der Waals surface area contributed by atoms with Crippen molar-refractivity contribution in [1.29, 1.82) is 0 Å². The van der Waals surface area contributed by atoms with Gasteiger partial charge in [-0.2, -0.15) is 0 Å². The molecule has 1 heterocycles. The third-order valence-corrected chi connectivity index (χ3v) is 3.87. The Morgan fingerprint density at radius 2 is 2.00 bits per heavy atom. The molecule has 110 valence electrons. The maximum Gasteiger partial charge on any atom is 0.223 e. The lowest BCUT2D eigenvalue weighted by molar-refractivity contribution is -0.127. The summed E-state index contributed by atoms with van der Waals surface area (Å²) in [7, 11) is 0. The van der Waals surface area contributed by atoms with Crippen molar-refractivity contribution >= 4 is 5.91 Å². The van der Waals surface area contributed by atoms with Gasteiger partial charge < -0.3 is 10.2 Å². The Hall–Kier alpha value is -0.990. The van der Waals surface area contributed by atoms with Gasteiger partial charge in [0.25, 0.3) is 0 Å². The van der Waals surface area contributed by atoms with E-state index < -0.39 is 0 Å². The minimum atomic E-state index is 0.305. The average Bonchev–Trinajstić information content (AvgIpc) is 2.76. The van der Waals surface area contributed by atoms with Crippen LogP contribution in [0.5, 0.6) is 0 Å². The van der Waals surface area contributed by atoms with Gasteiger partial charge in [0.2, 0.25) is 5.91 Å². The molecule has 1 rings (SSSR count). The van der Waals surface area contributed by atoms with Crippen molar-refractivity contribution in [3.63, 3.8) is 0 Å². The Morgan fingerprint density at radius 1 is 1.26 bits per heavy atom. The molecule has 1 aliphatic heterocycles. The van der Waals surface area contributed by atoms with Crippen molar-refractivity contribution in [2.24, 2.45) is 5.92 Å². The standard InChI is InChI=1S/C16H30N2O/c1-4-6-8-9-11-18-13-15(12-16(18)19)14(3)17-10-7-5-2/h15,17H,3-13H2,1-2H3. The second-order valence-electron chi connectivity index (χ2n) is 5.61. The number of likely N-dealkylation sites (tertiary alicyclic amines) is 1. The van der Waals surface area contributed by atoms with Gasteiger partial charge in [-0.15, -0.1) is 0 Å². The molecule has 1 unspecified atom stereocenters. The van der Waals surface area contributed by atoms with Crippen LogP contribution in [0.15, 0.2) is 12.3 Å². The van der Waals surface area contributed by atoms with E-state index in [1.807, 2.05) is 4.90 Å². The van der Waals surface area contributed by atoms with Crippen molar-refractivity contribution in [2.75, 3.05) is 19.6 Å². The summed E-state index contributed by atoms with van der Waals surface area (Å²) < 4.78 is 0. The molecule has 3 nitrogen and oxygen atoms in total. The third kappa shape index (κ3) is 5.66. The van der Waals surface area contributed by atoms with Gasteiger partial charge in [0.1, 0.15) is 0 Å². The van der Waals surface area contributed by atoms with Gasteiger partial charge in [-0.1, -0.05) is 46.1 Å². The first kappa shape index (κ1) is 16.1. The Labute approximate surface area is 118 Å². The number of carbonyl (C=O) groups is 1. The normalized spacial score (nSPS) is 18.9. The van der Waals surface area contributed by atoms with E-state index in [9.17, 15) is 4.79 Å². The Kier molecular flexibility index (Phi) is 7.61. The SMILES string of the molecule is C=C(NCCCC)C1CC(=O)N(CCCCCC)C1. The molecule has 0 aliphatic carbocycles. The summed E-state index contributed by atoms with van der Waals surface area (Å²) >= 11 is 0. The van der Waals surface area contributed by atoms with Gasteiger partial charge in [-0.25, -0.2) is 0 Å². The fourth-order valence-corrected chi connectivity index (χ4v) is 2.52. The van der Waals surface area contributed by atoms with Crippen LogP contribution in [0.4, 0.5) is 0 Å². The summed E-state index contributed by atoms with van der Waals surface area (Å²) in [5.74, 6) is 0.621. The van der Waals surface area contributed by atoms with Gasteiger partial charge in [0.15, 0.2) is 0 Å². The summed E-state index contributed by atoms with van der Waals surface area (Å²) in [5, 5.41) is 3.37. The Morgan fingerprint density at radius 3 is 2.68 bits per heavy atom. The zero-order chi connectivity index (χ0) is 14.1. The number of nitrogens with one attached hydrogen (secondary N) is 1. The highest BCUT2D eigenvalue weighted by atomic mass is 16.2. The quantitative estimate of drug-likeness (QED) is 0.615. The highest BCUT2D eigenvalue weighted by Gasteiger charge is 2.30. The average molecular weight is 266 g/mol. The molecule has 1 atom stereocenters. The molecule has 1 N–H and O–H groups in total. The monoisotopic (exact) mass is 266 g/mol. The van der Waals surface area contributed by atoms with Crippen LogP contribution in [0.25, 0.3) is 0 Å². The van der Waals surface area contributed by atoms with Gasteiger partial charge in [0, 0.05) is 37.7 Å². The lowest BCUT2D eigenvalue weighted by atomic mass is 10.1. The number of unbranched alkanes of at least 4 members (excludes halogenated alkanes) is 4. The first-order chi connectivity index (χ1) is 9.19. The van der Waals surface area contributed by atoms with Crippen molar-refractivity contribution in [3.8, 4) is 0 Å². The number of amides is 1. The minimum absolute atomic E-state index is 0.305. The van der Waals surface area contributed by atoms with Gasteiger partial charge in [-0.3, -0.25) is 4.79 Å². The highest BCUT2D eigenvalue weighted by Crippen LogP contribution is 2.23. The second kappa shape index (κ2) is 9.00. The second-order valence-corrected chi connectivity index (χ2v) is 5.61. The summed E-state index contributed by atoms with van der Waals surface area (Å²) in [4.78, 5) is 14.0. The van der Waals surface area contributed by atoms with E-state index >= 15 is 0 Å². The van der Waals surface area contributed by atoms with E-state index in [0.29, 0.717) is 18.2 Å². The Balaban J connectivity index is 2.25. The van der Waals surface area contributed by atoms with Crippen LogP contribution < -0.4 is 5.32 Å². The fraction of sp³-hybridized carbons (Fsp3) is 0.812. The molecule has 0 aromatic carbocycles. The molecule has 0 spiro atoms. The number of carbonyl (C=O) groups excluding carboxylic acids is 1. The van der Waals surface area contributed by atoms with Crippen LogP contribution in [0.1, 0.15) is 58.8 Å². The Bertz CT molecular complexity index is 288. The molecule has 19 heavy (non-hydrogen) atoms. The predicted molar refractivity (Wildman–Crippen MR) is 80.9 cm³/mol. The van der Waals surface area contributed by atoms with Crippen molar-refractivity contribution in [2.45, 2.75) is 58.8 Å². The maximum absolute atomic E-state index is 11.9. The largest absolute Gasteiger partial charge is 0.389 e. The van der Waals surface area contributed by atoms with Crippen LogP contribution in [0.3, 0.4) is 0 Å². The summed E-state index contributed by atoms with van der Waals surface area (Å²) in [6.45, 7) is 11.3. The van der Waals surface area contributed by atoms with Crippen molar-refractivity contribution in [3.05, 3.63) is 12.3 Å². The van der Waals surface area contributed by atoms with Crippen molar-refractivity contribution in [1.82, 2.24) is 10.2 Å². The third-order valence-electron chi connectivity index (χ3n) is 3.87. The number of hydrogen-bond donors (Lipinski definition) is 1. The van der Waals surface area contributed by atoms with Crippen LogP contribution >= 0.6 is 0 Å².